The molecule has 0 aliphatic carbocycles. The predicted molar refractivity (Wildman–Crippen MR) is 78.4 cm³/mol. The first-order valence-corrected chi connectivity index (χ1v) is 8.45. The molecule has 1 aromatic carbocycles. The summed E-state index contributed by atoms with van der Waals surface area (Å²) in [5, 5.41) is -0.993. The van der Waals surface area contributed by atoms with Crippen LogP contribution >= 0.6 is 0 Å². The lowest BCUT2D eigenvalue weighted by Gasteiger charge is -2.09. The summed E-state index contributed by atoms with van der Waals surface area (Å²) in [6, 6.07) is 7.64. The highest BCUT2D eigenvalue weighted by molar-refractivity contribution is 7.92. The average molecular weight is 294 g/mol. The molecular weight excluding hydrogens is 276 g/mol. The lowest BCUT2D eigenvalue weighted by Crippen LogP contribution is -2.28. The Kier molecular flexibility index (Phi) is 3.94. The summed E-state index contributed by atoms with van der Waals surface area (Å²) in [4.78, 5) is 16.5. The zero-order valence-corrected chi connectivity index (χ0v) is 12.6. The van der Waals surface area contributed by atoms with Crippen molar-refractivity contribution in [2.75, 3.05) is 6.26 Å². The van der Waals surface area contributed by atoms with Crippen molar-refractivity contribution in [2.45, 2.75) is 32.1 Å². The quantitative estimate of drug-likeness (QED) is 0.840. The second kappa shape index (κ2) is 5.36. The molecule has 0 bridgehead atoms. The number of imidazole rings is 1. The van der Waals surface area contributed by atoms with Gasteiger partial charge in [-0.3, -0.25) is 4.79 Å². The molecule has 5 nitrogen and oxygen atoms in total. The van der Waals surface area contributed by atoms with Gasteiger partial charge in [-0.2, -0.15) is 0 Å². The second-order valence-electron chi connectivity index (χ2n) is 4.88. The highest BCUT2D eigenvalue weighted by Crippen LogP contribution is 2.17. The summed E-state index contributed by atoms with van der Waals surface area (Å²) in [5.74, 6) is 0.298. The molecule has 20 heavy (non-hydrogen) atoms. The molecule has 0 aliphatic rings. The van der Waals surface area contributed by atoms with Crippen molar-refractivity contribution in [3.05, 3.63) is 30.1 Å². The van der Waals surface area contributed by atoms with E-state index in [9.17, 15) is 13.2 Å². The Bertz CT molecular complexity index is 747. The Labute approximate surface area is 118 Å². The van der Waals surface area contributed by atoms with Crippen LogP contribution in [0.4, 0.5) is 0 Å². The number of hydrogen-bond acceptors (Lipinski definition) is 4. The average Bonchev–Trinajstić information content (AvgIpc) is 2.73. The van der Waals surface area contributed by atoms with Crippen LogP contribution in [0.25, 0.3) is 11.0 Å². The van der Waals surface area contributed by atoms with Gasteiger partial charge in [-0.15, -0.1) is 0 Å². The molecule has 0 saturated carbocycles. The third-order valence-corrected chi connectivity index (χ3v) is 5.03. The molecule has 2 aromatic rings. The molecule has 2 rings (SSSR count). The molecule has 0 fully saturated rings. The fraction of sp³-hybridized carbons (Fsp3) is 0.429. The van der Waals surface area contributed by atoms with E-state index in [1.807, 2.05) is 35.8 Å². The highest BCUT2D eigenvalue weighted by atomic mass is 32.2. The molecule has 1 unspecified atom stereocenters. The number of nitrogens with zero attached hydrogens (tertiary/aromatic N) is 2. The standard InChI is InChI=1S/C14H18N2O3S/c1-4-16-12-8-6-5-7-11(12)15-14(16)9-13(17)10(2)20(3,18)19/h5-8,10H,4,9H2,1-3H3. The Hall–Kier alpha value is -1.69. The maximum absolute atomic E-state index is 12.1. The first-order valence-electron chi connectivity index (χ1n) is 6.50. The molecule has 0 saturated heterocycles. The molecule has 0 amide bonds. The van der Waals surface area contributed by atoms with Gasteiger partial charge in [0.25, 0.3) is 0 Å². The van der Waals surface area contributed by atoms with Crippen LogP contribution in [-0.2, 0) is 27.6 Å². The van der Waals surface area contributed by atoms with E-state index in [0.29, 0.717) is 12.4 Å². The zero-order chi connectivity index (χ0) is 14.9. The van der Waals surface area contributed by atoms with Crippen molar-refractivity contribution in [1.29, 1.82) is 0 Å². The SMILES string of the molecule is CCn1c(CC(=O)C(C)S(C)(=O)=O)nc2ccccc21. The number of carbonyl (C=O) groups excluding carboxylic acids is 1. The highest BCUT2D eigenvalue weighted by Gasteiger charge is 2.25. The van der Waals surface area contributed by atoms with Crippen molar-refractivity contribution in [1.82, 2.24) is 9.55 Å². The zero-order valence-electron chi connectivity index (χ0n) is 11.8. The molecule has 0 N–H and O–H groups in total. The van der Waals surface area contributed by atoms with Crippen molar-refractivity contribution >= 4 is 26.7 Å². The summed E-state index contributed by atoms with van der Waals surface area (Å²) in [5.41, 5.74) is 1.79. The van der Waals surface area contributed by atoms with Crippen molar-refractivity contribution in [2.24, 2.45) is 0 Å². The van der Waals surface area contributed by atoms with Gasteiger partial charge in [0.2, 0.25) is 0 Å². The van der Waals surface area contributed by atoms with Crippen LogP contribution in [0.5, 0.6) is 0 Å². The molecule has 0 radical (unpaired) electrons. The maximum atomic E-state index is 12.1. The van der Waals surface area contributed by atoms with Crippen LogP contribution in [0.3, 0.4) is 0 Å². The number of fused-ring (bicyclic) bond motifs is 1. The van der Waals surface area contributed by atoms with Gasteiger partial charge in [0.1, 0.15) is 11.1 Å². The molecule has 1 heterocycles. The minimum atomic E-state index is -3.36. The molecule has 0 spiro atoms. The van der Waals surface area contributed by atoms with E-state index in [4.69, 9.17) is 0 Å². The minimum Gasteiger partial charge on any atom is -0.328 e. The van der Waals surface area contributed by atoms with Crippen LogP contribution in [0.2, 0.25) is 0 Å². The molecule has 0 aliphatic heterocycles. The molecule has 6 heteroatoms. The van der Waals surface area contributed by atoms with Crippen LogP contribution in [0.1, 0.15) is 19.7 Å². The smallest absolute Gasteiger partial charge is 0.158 e. The van der Waals surface area contributed by atoms with Crippen LogP contribution in [0, 0.1) is 0 Å². The Morgan fingerprint density at radius 2 is 2.00 bits per heavy atom. The maximum Gasteiger partial charge on any atom is 0.158 e. The number of para-hydroxylation sites is 2. The van der Waals surface area contributed by atoms with E-state index >= 15 is 0 Å². The van der Waals surface area contributed by atoms with Gasteiger partial charge < -0.3 is 4.57 Å². The lowest BCUT2D eigenvalue weighted by molar-refractivity contribution is -0.117. The van der Waals surface area contributed by atoms with Crippen molar-refractivity contribution in [3.63, 3.8) is 0 Å². The Morgan fingerprint density at radius 1 is 1.35 bits per heavy atom. The van der Waals surface area contributed by atoms with Crippen LogP contribution in [-0.4, -0.2) is 35.3 Å². The number of sulfone groups is 1. The van der Waals surface area contributed by atoms with Gasteiger partial charge in [-0.05, 0) is 26.0 Å². The minimum absolute atomic E-state index is 0.0384. The van der Waals surface area contributed by atoms with Gasteiger partial charge in [0.15, 0.2) is 15.6 Å². The summed E-state index contributed by atoms with van der Waals surface area (Å²) in [7, 11) is -3.36. The van der Waals surface area contributed by atoms with Crippen LogP contribution < -0.4 is 0 Å². The monoisotopic (exact) mass is 294 g/mol. The van der Waals surface area contributed by atoms with E-state index < -0.39 is 15.1 Å². The number of hydrogen-bond donors (Lipinski definition) is 0. The van der Waals surface area contributed by atoms with E-state index in [1.54, 1.807) is 0 Å². The number of aryl methyl sites for hydroxylation is 1. The summed E-state index contributed by atoms with van der Waals surface area (Å²) in [6.45, 7) is 4.09. The van der Waals surface area contributed by atoms with E-state index in [-0.39, 0.29) is 12.2 Å². The topological polar surface area (TPSA) is 69.0 Å². The second-order valence-corrected chi connectivity index (χ2v) is 7.24. The first-order chi connectivity index (χ1) is 9.34. The predicted octanol–water partition coefficient (Wildman–Crippen LogP) is 1.60. The van der Waals surface area contributed by atoms with Gasteiger partial charge in [-0.1, -0.05) is 12.1 Å². The number of rotatable bonds is 5. The summed E-state index contributed by atoms with van der Waals surface area (Å²) in [6.07, 6.45) is 1.12. The van der Waals surface area contributed by atoms with Gasteiger partial charge in [0, 0.05) is 12.8 Å². The number of carbonyl (C=O) groups is 1. The summed E-state index contributed by atoms with van der Waals surface area (Å²) < 4.78 is 24.8. The molecule has 1 atom stereocenters. The number of aromatic nitrogens is 2. The summed E-state index contributed by atoms with van der Waals surface area (Å²) >= 11 is 0. The third kappa shape index (κ3) is 2.75. The fourth-order valence-corrected chi connectivity index (χ4v) is 2.71. The van der Waals surface area contributed by atoms with E-state index in [0.717, 1.165) is 17.3 Å². The van der Waals surface area contributed by atoms with Gasteiger partial charge in [0.05, 0.1) is 17.5 Å². The van der Waals surface area contributed by atoms with Crippen LogP contribution in [0.15, 0.2) is 24.3 Å². The largest absolute Gasteiger partial charge is 0.328 e. The fourth-order valence-electron chi connectivity index (χ4n) is 2.15. The van der Waals surface area contributed by atoms with Gasteiger partial charge >= 0.3 is 0 Å². The van der Waals surface area contributed by atoms with E-state index in [1.165, 1.54) is 6.92 Å². The number of benzene rings is 1. The third-order valence-electron chi connectivity index (χ3n) is 3.48. The lowest BCUT2D eigenvalue weighted by atomic mass is 10.2. The van der Waals surface area contributed by atoms with Gasteiger partial charge in [-0.25, -0.2) is 13.4 Å². The Morgan fingerprint density at radius 3 is 2.60 bits per heavy atom. The van der Waals surface area contributed by atoms with E-state index in [2.05, 4.69) is 4.98 Å². The first kappa shape index (κ1) is 14.7. The number of ketones is 1. The molecule has 108 valence electrons. The van der Waals surface area contributed by atoms with Crippen molar-refractivity contribution in [3.8, 4) is 0 Å². The molecule has 1 aromatic heterocycles. The normalized spacial score (nSPS) is 13.6. The Balaban J connectivity index is 2.37. The van der Waals surface area contributed by atoms with Crippen molar-refractivity contribution < 1.29 is 13.2 Å². The molecular formula is C14H18N2O3S. The number of Topliss-reactive ketones (excluding diaryl/α,β-unsaturated/α-hetero) is 1.